The van der Waals surface area contributed by atoms with E-state index in [1.165, 1.54) is 5.56 Å². The summed E-state index contributed by atoms with van der Waals surface area (Å²) in [4.78, 5) is 4.01. The molecule has 0 amide bonds. The predicted octanol–water partition coefficient (Wildman–Crippen LogP) is 2.42. The molecule has 2 unspecified atom stereocenters. The molecule has 2 atom stereocenters. The molecule has 0 spiro atoms. The Kier molecular flexibility index (Phi) is 4.66. The maximum Gasteiger partial charge on any atom is 0.0873 e. The van der Waals surface area contributed by atoms with Gasteiger partial charge < -0.3 is 10.8 Å². The van der Waals surface area contributed by atoms with Crippen LogP contribution >= 0.6 is 0 Å². The van der Waals surface area contributed by atoms with Gasteiger partial charge in [-0.3, -0.25) is 4.98 Å². The molecule has 0 fully saturated rings. The van der Waals surface area contributed by atoms with Gasteiger partial charge in [-0.1, -0.05) is 31.2 Å². The van der Waals surface area contributed by atoms with E-state index in [1.54, 1.807) is 12.4 Å². The second-order valence-corrected chi connectivity index (χ2v) is 4.62. The fraction of sp³-hybridized carbons (Fsp3) is 0.312. The zero-order valence-electron chi connectivity index (χ0n) is 11.2. The molecule has 3 heteroatoms. The molecule has 0 aliphatic rings. The van der Waals surface area contributed by atoms with Crippen molar-refractivity contribution >= 4 is 0 Å². The van der Waals surface area contributed by atoms with Crippen molar-refractivity contribution in [2.24, 2.45) is 5.73 Å². The van der Waals surface area contributed by atoms with Crippen molar-refractivity contribution in [1.29, 1.82) is 0 Å². The number of pyridine rings is 1. The minimum absolute atomic E-state index is 0.101. The van der Waals surface area contributed by atoms with E-state index in [1.807, 2.05) is 30.3 Å². The van der Waals surface area contributed by atoms with Crippen LogP contribution in [0.4, 0.5) is 0 Å². The number of rotatable bonds is 5. The Morgan fingerprint density at radius 2 is 1.84 bits per heavy atom. The minimum atomic E-state index is -0.580. The largest absolute Gasteiger partial charge is 0.388 e. The molecule has 0 aliphatic heterocycles. The first kappa shape index (κ1) is 13.7. The quantitative estimate of drug-likeness (QED) is 0.863. The summed E-state index contributed by atoms with van der Waals surface area (Å²) >= 11 is 0. The number of hydrogen-bond acceptors (Lipinski definition) is 3. The average molecular weight is 256 g/mol. The molecule has 1 heterocycles. The molecule has 3 nitrogen and oxygen atoms in total. The molecular weight excluding hydrogens is 236 g/mol. The molecule has 19 heavy (non-hydrogen) atoms. The summed E-state index contributed by atoms with van der Waals surface area (Å²) in [7, 11) is 0. The van der Waals surface area contributed by atoms with Crippen LogP contribution in [0.2, 0.25) is 0 Å². The minimum Gasteiger partial charge on any atom is -0.388 e. The maximum absolute atomic E-state index is 10.6. The lowest BCUT2D eigenvalue weighted by Gasteiger charge is -2.24. The van der Waals surface area contributed by atoms with Crippen LogP contribution in [0.1, 0.15) is 35.6 Å². The van der Waals surface area contributed by atoms with E-state index in [-0.39, 0.29) is 5.92 Å². The first-order chi connectivity index (χ1) is 9.27. The van der Waals surface area contributed by atoms with Crippen molar-refractivity contribution in [3.05, 3.63) is 65.5 Å². The third kappa shape index (κ3) is 3.00. The number of benzene rings is 1. The first-order valence-corrected chi connectivity index (χ1v) is 6.63. The highest BCUT2D eigenvalue weighted by atomic mass is 16.3. The Morgan fingerprint density at radius 1 is 1.16 bits per heavy atom. The third-order valence-corrected chi connectivity index (χ3v) is 3.52. The summed E-state index contributed by atoms with van der Waals surface area (Å²) in [5, 5.41) is 10.6. The molecule has 2 aromatic rings. The molecule has 3 N–H and O–H groups in total. The summed E-state index contributed by atoms with van der Waals surface area (Å²) in [6.45, 7) is 2.50. The average Bonchev–Trinajstić information content (AvgIpc) is 2.49. The van der Waals surface area contributed by atoms with Crippen LogP contribution in [0.15, 0.2) is 48.8 Å². The van der Waals surface area contributed by atoms with Crippen molar-refractivity contribution in [2.45, 2.75) is 25.4 Å². The highest BCUT2D eigenvalue weighted by Gasteiger charge is 2.22. The molecular formula is C16H20N2O. The van der Waals surface area contributed by atoms with Crippen LogP contribution in [0.3, 0.4) is 0 Å². The number of aryl methyl sites for hydroxylation is 1. The van der Waals surface area contributed by atoms with Crippen molar-refractivity contribution in [2.75, 3.05) is 6.54 Å². The zero-order valence-corrected chi connectivity index (χ0v) is 11.2. The van der Waals surface area contributed by atoms with Gasteiger partial charge in [0.05, 0.1) is 6.10 Å². The Hall–Kier alpha value is -1.71. The normalized spacial score (nSPS) is 14.1. The fourth-order valence-corrected chi connectivity index (χ4v) is 2.42. The lowest BCUT2D eigenvalue weighted by atomic mass is 9.87. The lowest BCUT2D eigenvalue weighted by Crippen LogP contribution is -2.21. The molecule has 0 radical (unpaired) electrons. The van der Waals surface area contributed by atoms with Gasteiger partial charge in [0.25, 0.3) is 0 Å². The van der Waals surface area contributed by atoms with Crippen molar-refractivity contribution in [1.82, 2.24) is 4.98 Å². The van der Waals surface area contributed by atoms with E-state index in [0.717, 1.165) is 17.5 Å². The van der Waals surface area contributed by atoms with Crippen LogP contribution in [-0.2, 0) is 6.42 Å². The topological polar surface area (TPSA) is 59.1 Å². The van der Waals surface area contributed by atoms with E-state index < -0.39 is 6.10 Å². The van der Waals surface area contributed by atoms with Crippen molar-refractivity contribution in [3.63, 3.8) is 0 Å². The van der Waals surface area contributed by atoms with Gasteiger partial charge in [0, 0.05) is 24.9 Å². The van der Waals surface area contributed by atoms with E-state index in [2.05, 4.69) is 18.0 Å². The molecule has 0 bridgehead atoms. The van der Waals surface area contributed by atoms with Crippen molar-refractivity contribution < 1.29 is 5.11 Å². The maximum atomic E-state index is 10.6. The van der Waals surface area contributed by atoms with E-state index in [9.17, 15) is 5.11 Å². The Morgan fingerprint density at radius 3 is 2.47 bits per heavy atom. The molecule has 1 aromatic heterocycles. The lowest BCUT2D eigenvalue weighted by molar-refractivity contribution is 0.146. The summed E-state index contributed by atoms with van der Waals surface area (Å²) in [5.74, 6) is -0.101. The van der Waals surface area contributed by atoms with Crippen LogP contribution < -0.4 is 5.73 Å². The SMILES string of the molecule is CCc1ccccc1C(O)C(CN)c1ccncc1. The number of nitrogens with zero attached hydrogens (tertiary/aromatic N) is 1. The molecule has 0 saturated carbocycles. The summed E-state index contributed by atoms with van der Waals surface area (Å²) < 4.78 is 0. The number of aromatic nitrogens is 1. The van der Waals surface area contributed by atoms with E-state index >= 15 is 0 Å². The van der Waals surface area contributed by atoms with Gasteiger partial charge in [0.2, 0.25) is 0 Å². The number of nitrogens with two attached hydrogens (primary N) is 1. The second kappa shape index (κ2) is 6.45. The van der Waals surface area contributed by atoms with E-state index in [4.69, 9.17) is 5.73 Å². The standard InChI is InChI=1S/C16H20N2O/c1-2-12-5-3-4-6-14(12)16(19)15(11-17)13-7-9-18-10-8-13/h3-10,15-16,19H,2,11,17H2,1H3. The third-order valence-electron chi connectivity index (χ3n) is 3.52. The summed E-state index contributed by atoms with van der Waals surface area (Å²) in [6, 6.07) is 11.8. The van der Waals surface area contributed by atoms with Crippen molar-refractivity contribution in [3.8, 4) is 0 Å². The fourth-order valence-electron chi connectivity index (χ4n) is 2.42. The highest BCUT2D eigenvalue weighted by Crippen LogP contribution is 2.31. The Labute approximate surface area is 114 Å². The van der Waals surface area contributed by atoms with Gasteiger partial charge in [0.1, 0.15) is 0 Å². The predicted molar refractivity (Wildman–Crippen MR) is 76.8 cm³/mol. The monoisotopic (exact) mass is 256 g/mol. The number of aliphatic hydroxyl groups excluding tert-OH is 1. The smallest absolute Gasteiger partial charge is 0.0873 e. The molecule has 0 saturated heterocycles. The zero-order chi connectivity index (χ0) is 13.7. The van der Waals surface area contributed by atoms with Crippen LogP contribution in [0.5, 0.6) is 0 Å². The van der Waals surface area contributed by atoms with Gasteiger partial charge in [-0.2, -0.15) is 0 Å². The molecule has 2 rings (SSSR count). The van der Waals surface area contributed by atoms with Gasteiger partial charge in [-0.05, 0) is 35.2 Å². The van der Waals surface area contributed by atoms with Gasteiger partial charge in [-0.25, -0.2) is 0 Å². The summed E-state index contributed by atoms with van der Waals surface area (Å²) in [5.41, 5.74) is 9.02. The van der Waals surface area contributed by atoms with Gasteiger partial charge in [-0.15, -0.1) is 0 Å². The summed E-state index contributed by atoms with van der Waals surface area (Å²) in [6.07, 6.45) is 3.79. The van der Waals surface area contributed by atoms with E-state index in [0.29, 0.717) is 6.54 Å². The Bertz CT molecular complexity index is 513. The molecule has 1 aromatic carbocycles. The van der Waals surface area contributed by atoms with Crippen LogP contribution in [-0.4, -0.2) is 16.6 Å². The second-order valence-electron chi connectivity index (χ2n) is 4.62. The number of hydrogen-bond donors (Lipinski definition) is 2. The number of aliphatic hydroxyl groups is 1. The molecule has 100 valence electrons. The van der Waals surface area contributed by atoms with Gasteiger partial charge in [0.15, 0.2) is 0 Å². The van der Waals surface area contributed by atoms with Gasteiger partial charge >= 0.3 is 0 Å². The first-order valence-electron chi connectivity index (χ1n) is 6.63. The molecule has 0 aliphatic carbocycles. The highest BCUT2D eigenvalue weighted by molar-refractivity contribution is 5.32. The Balaban J connectivity index is 2.33. The van der Waals surface area contributed by atoms with Crippen LogP contribution in [0, 0.1) is 0 Å². The van der Waals surface area contributed by atoms with Crippen LogP contribution in [0.25, 0.3) is 0 Å².